The molecule has 0 radical (unpaired) electrons. The number of nitrogens with one attached hydrogen (secondary N) is 1. The van der Waals surface area contributed by atoms with Crippen molar-refractivity contribution in [3.8, 4) is 0 Å². The topological polar surface area (TPSA) is 12.0 Å². The maximum absolute atomic E-state index is 3.31. The van der Waals surface area contributed by atoms with Gasteiger partial charge in [0.15, 0.2) is 0 Å². The van der Waals surface area contributed by atoms with Gasteiger partial charge >= 0.3 is 0 Å². The van der Waals surface area contributed by atoms with Crippen molar-refractivity contribution in [2.75, 3.05) is 13.6 Å². The zero-order valence-corrected chi connectivity index (χ0v) is 10.7. The molecular weight excluding hydrogens is 194 g/mol. The summed E-state index contributed by atoms with van der Waals surface area (Å²) in [5.41, 5.74) is 4.53. The minimum Gasteiger partial charge on any atom is -0.319 e. The van der Waals surface area contributed by atoms with Crippen LogP contribution in [0.2, 0.25) is 0 Å². The summed E-state index contributed by atoms with van der Waals surface area (Å²) in [7, 11) is 2.06. The van der Waals surface area contributed by atoms with E-state index in [9.17, 15) is 0 Å². The first-order valence-electron chi connectivity index (χ1n) is 6.42. The van der Waals surface area contributed by atoms with E-state index < -0.39 is 0 Å². The first kappa shape index (κ1) is 11.7. The van der Waals surface area contributed by atoms with Crippen LogP contribution in [-0.4, -0.2) is 13.6 Å². The molecule has 0 bridgehead atoms. The van der Waals surface area contributed by atoms with Gasteiger partial charge in [0, 0.05) is 0 Å². The third-order valence-electron chi connectivity index (χ3n) is 4.15. The Labute approximate surface area is 99.3 Å². The number of benzene rings is 1. The van der Waals surface area contributed by atoms with Crippen LogP contribution in [0.25, 0.3) is 0 Å². The van der Waals surface area contributed by atoms with Crippen LogP contribution in [0.3, 0.4) is 0 Å². The second kappa shape index (κ2) is 5.01. The van der Waals surface area contributed by atoms with Crippen molar-refractivity contribution in [3.05, 3.63) is 34.9 Å². The average molecular weight is 217 g/mol. The van der Waals surface area contributed by atoms with Gasteiger partial charge in [-0.05, 0) is 75.2 Å². The van der Waals surface area contributed by atoms with Crippen molar-refractivity contribution < 1.29 is 0 Å². The van der Waals surface area contributed by atoms with Gasteiger partial charge in [-0.15, -0.1) is 0 Å². The van der Waals surface area contributed by atoms with Gasteiger partial charge in [0.05, 0.1) is 0 Å². The monoisotopic (exact) mass is 217 g/mol. The molecule has 1 nitrogen and oxygen atoms in total. The minimum atomic E-state index is 0.906. The van der Waals surface area contributed by atoms with Crippen LogP contribution in [0.15, 0.2) is 18.2 Å². The first-order valence-corrected chi connectivity index (χ1v) is 6.42. The maximum Gasteiger partial charge on any atom is -0.00208 e. The molecule has 1 aromatic carbocycles. The summed E-state index contributed by atoms with van der Waals surface area (Å²) in [6.45, 7) is 5.68. The molecule has 16 heavy (non-hydrogen) atoms. The van der Waals surface area contributed by atoms with Gasteiger partial charge in [-0.2, -0.15) is 0 Å². The lowest BCUT2D eigenvalue weighted by Gasteiger charge is -2.37. The van der Waals surface area contributed by atoms with Gasteiger partial charge in [0.25, 0.3) is 0 Å². The molecule has 2 rings (SSSR count). The molecule has 0 aliphatic heterocycles. The van der Waals surface area contributed by atoms with Crippen LogP contribution in [0, 0.1) is 25.7 Å². The van der Waals surface area contributed by atoms with E-state index in [1.807, 2.05) is 0 Å². The third kappa shape index (κ3) is 2.30. The predicted octanol–water partition coefficient (Wildman–Crippen LogP) is 3.09. The average Bonchev–Trinajstić information content (AvgIpc) is 2.24. The zero-order chi connectivity index (χ0) is 11.5. The van der Waals surface area contributed by atoms with E-state index in [0.717, 1.165) is 11.8 Å². The molecule has 1 saturated carbocycles. The second-order valence-corrected chi connectivity index (χ2v) is 5.23. The molecule has 1 fully saturated rings. The van der Waals surface area contributed by atoms with Crippen LogP contribution < -0.4 is 5.32 Å². The highest BCUT2D eigenvalue weighted by atomic mass is 14.8. The normalized spacial score (nSPS) is 24.2. The number of hydrogen-bond acceptors (Lipinski definition) is 1. The van der Waals surface area contributed by atoms with Crippen molar-refractivity contribution in [1.29, 1.82) is 0 Å². The Morgan fingerprint density at radius 2 is 1.75 bits per heavy atom. The standard InChI is InChI=1S/C15H23N/c1-11-5-4-6-12(2)15(11)9-13-7-8-14(13)10-16-3/h4-6,13-14,16H,7-10H2,1-3H3. The van der Waals surface area contributed by atoms with Gasteiger partial charge in [0.1, 0.15) is 0 Å². The Morgan fingerprint density at radius 1 is 1.12 bits per heavy atom. The van der Waals surface area contributed by atoms with E-state index in [-0.39, 0.29) is 0 Å². The van der Waals surface area contributed by atoms with Crippen LogP contribution in [-0.2, 0) is 6.42 Å². The molecular formula is C15H23N. The molecule has 2 unspecified atom stereocenters. The Kier molecular flexibility index (Phi) is 3.65. The highest BCUT2D eigenvalue weighted by Crippen LogP contribution is 2.37. The van der Waals surface area contributed by atoms with Gasteiger partial charge in [0.2, 0.25) is 0 Å². The molecule has 0 amide bonds. The van der Waals surface area contributed by atoms with Crippen LogP contribution in [0.4, 0.5) is 0 Å². The SMILES string of the molecule is CNCC1CCC1Cc1c(C)cccc1C. The predicted molar refractivity (Wildman–Crippen MR) is 69.8 cm³/mol. The number of rotatable bonds is 4. The maximum atomic E-state index is 3.31. The molecule has 0 spiro atoms. The van der Waals surface area contributed by atoms with Gasteiger partial charge < -0.3 is 5.32 Å². The Hall–Kier alpha value is -0.820. The van der Waals surface area contributed by atoms with E-state index >= 15 is 0 Å². The van der Waals surface area contributed by atoms with Crippen molar-refractivity contribution in [2.45, 2.75) is 33.1 Å². The fourth-order valence-electron chi connectivity index (χ4n) is 2.87. The van der Waals surface area contributed by atoms with Crippen LogP contribution in [0.5, 0.6) is 0 Å². The number of aryl methyl sites for hydroxylation is 2. The van der Waals surface area contributed by atoms with E-state index in [4.69, 9.17) is 0 Å². The minimum absolute atomic E-state index is 0.906. The molecule has 0 heterocycles. The quantitative estimate of drug-likeness (QED) is 0.817. The molecule has 1 N–H and O–H groups in total. The Morgan fingerprint density at radius 3 is 2.25 bits per heavy atom. The van der Waals surface area contributed by atoms with Crippen molar-refractivity contribution in [2.24, 2.45) is 11.8 Å². The zero-order valence-electron chi connectivity index (χ0n) is 10.7. The highest BCUT2D eigenvalue weighted by Gasteiger charge is 2.30. The molecule has 88 valence electrons. The molecule has 1 aliphatic carbocycles. The summed E-state index contributed by atoms with van der Waals surface area (Å²) >= 11 is 0. The van der Waals surface area contributed by atoms with Crippen molar-refractivity contribution in [1.82, 2.24) is 5.32 Å². The Bertz CT molecular complexity index is 336. The summed E-state index contributed by atoms with van der Waals surface area (Å²) in [6.07, 6.45) is 4.11. The van der Waals surface area contributed by atoms with Crippen molar-refractivity contribution >= 4 is 0 Å². The summed E-state index contributed by atoms with van der Waals surface area (Å²) in [6, 6.07) is 6.65. The first-order chi connectivity index (χ1) is 7.72. The second-order valence-electron chi connectivity index (χ2n) is 5.23. The highest BCUT2D eigenvalue weighted by molar-refractivity contribution is 5.34. The lowest BCUT2D eigenvalue weighted by molar-refractivity contribution is 0.173. The summed E-state index contributed by atoms with van der Waals surface area (Å²) < 4.78 is 0. The largest absolute Gasteiger partial charge is 0.319 e. The van der Waals surface area contributed by atoms with E-state index in [0.29, 0.717) is 0 Å². The smallest absolute Gasteiger partial charge is 0.00208 e. The van der Waals surface area contributed by atoms with Crippen LogP contribution in [0.1, 0.15) is 29.5 Å². The molecule has 1 aliphatic rings. The van der Waals surface area contributed by atoms with Crippen molar-refractivity contribution in [3.63, 3.8) is 0 Å². The number of hydrogen-bond donors (Lipinski definition) is 1. The molecule has 0 aromatic heterocycles. The summed E-state index contributed by atoms with van der Waals surface area (Å²) in [5, 5.41) is 3.31. The summed E-state index contributed by atoms with van der Waals surface area (Å²) in [4.78, 5) is 0. The van der Waals surface area contributed by atoms with E-state index in [1.54, 1.807) is 5.56 Å². The molecule has 0 saturated heterocycles. The molecule has 1 heteroatoms. The van der Waals surface area contributed by atoms with Gasteiger partial charge in [-0.25, -0.2) is 0 Å². The fourth-order valence-corrected chi connectivity index (χ4v) is 2.87. The van der Waals surface area contributed by atoms with Gasteiger partial charge in [-0.1, -0.05) is 18.2 Å². The van der Waals surface area contributed by atoms with E-state index in [1.165, 1.54) is 36.9 Å². The Balaban J connectivity index is 2.04. The summed E-state index contributed by atoms with van der Waals surface area (Å²) in [5.74, 6) is 1.82. The van der Waals surface area contributed by atoms with E-state index in [2.05, 4.69) is 44.4 Å². The fraction of sp³-hybridized carbons (Fsp3) is 0.600. The molecule has 2 atom stereocenters. The molecule has 1 aromatic rings. The lowest BCUT2D eigenvalue weighted by atomic mass is 9.70. The van der Waals surface area contributed by atoms with Gasteiger partial charge in [-0.3, -0.25) is 0 Å². The van der Waals surface area contributed by atoms with Crippen LogP contribution >= 0.6 is 0 Å². The third-order valence-corrected chi connectivity index (χ3v) is 4.15. The lowest BCUT2D eigenvalue weighted by Crippen LogP contribution is -2.35.